The molecule has 26 heavy (non-hydrogen) atoms. The molecule has 0 amide bonds. The number of methoxy groups -OCH3 is 2. The Morgan fingerprint density at radius 3 is 2.35 bits per heavy atom. The fourth-order valence-electron chi connectivity index (χ4n) is 2.30. The lowest BCUT2D eigenvalue weighted by Gasteiger charge is -2.20. The molecule has 0 bridgehead atoms. The predicted molar refractivity (Wildman–Crippen MR) is 94.7 cm³/mol. The van der Waals surface area contributed by atoms with E-state index in [1.54, 1.807) is 31.4 Å². The molecule has 0 spiro atoms. The van der Waals surface area contributed by atoms with E-state index in [9.17, 15) is 8.76 Å². The van der Waals surface area contributed by atoms with E-state index in [0.717, 1.165) is 0 Å². The van der Waals surface area contributed by atoms with Gasteiger partial charge in [0.2, 0.25) is 5.88 Å². The Morgan fingerprint density at radius 1 is 1.08 bits per heavy atom. The maximum absolute atomic E-state index is 10.9. The zero-order valence-corrected chi connectivity index (χ0v) is 14.7. The second kappa shape index (κ2) is 7.52. The number of ether oxygens (including phenoxy) is 3. The zero-order valence-electron chi connectivity index (χ0n) is 13.9. The van der Waals surface area contributed by atoms with Gasteiger partial charge in [0.15, 0.2) is 11.5 Å². The average Bonchev–Trinajstić information content (AvgIpc) is 2.67. The summed E-state index contributed by atoms with van der Waals surface area (Å²) in [6.45, 7) is 0. The van der Waals surface area contributed by atoms with Gasteiger partial charge in [-0.05, 0) is 30.3 Å². The Morgan fingerprint density at radius 2 is 1.73 bits per heavy atom. The number of aromatic nitrogens is 2. The van der Waals surface area contributed by atoms with E-state index in [-0.39, 0.29) is 0 Å². The molecule has 2 N–H and O–H groups in total. The second-order valence-electron chi connectivity index (χ2n) is 5.04. The highest BCUT2D eigenvalue weighted by Gasteiger charge is 2.12. The number of hydrogen-bond donors (Lipinski definition) is 1. The Kier molecular flexibility index (Phi) is 5.16. The fourth-order valence-corrected chi connectivity index (χ4v) is 2.59. The van der Waals surface area contributed by atoms with E-state index in [2.05, 4.69) is 9.97 Å². The van der Waals surface area contributed by atoms with Crippen molar-refractivity contribution in [3.05, 3.63) is 42.7 Å². The van der Waals surface area contributed by atoms with Gasteiger partial charge < -0.3 is 18.8 Å². The van der Waals surface area contributed by atoms with Gasteiger partial charge in [0.1, 0.15) is 12.1 Å². The van der Waals surface area contributed by atoms with Crippen molar-refractivity contribution in [3.63, 3.8) is 0 Å². The standard InChI is InChI=1S/C16H16N4O5S/c1-23-14-7-12-13(8-15(14)24-2)18-9-19-16(12)25-11-5-3-10(4-6-11)20(17)26(21)22/h3-9H,17H2,1-2H3,(H,21,22)/p-1. The first-order chi connectivity index (χ1) is 12.5. The molecule has 1 aromatic heterocycles. The van der Waals surface area contributed by atoms with Crippen molar-refractivity contribution in [2.45, 2.75) is 0 Å². The Bertz CT molecular complexity index is 951. The van der Waals surface area contributed by atoms with Gasteiger partial charge in [0.05, 0.1) is 42.1 Å². The van der Waals surface area contributed by atoms with Crippen molar-refractivity contribution in [2.24, 2.45) is 5.84 Å². The molecule has 0 aliphatic rings. The van der Waals surface area contributed by atoms with Crippen molar-refractivity contribution >= 4 is 27.9 Å². The van der Waals surface area contributed by atoms with Gasteiger partial charge in [-0.3, -0.25) is 4.21 Å². The van der Waals surface area contributed by atoms with Crippen LogP contribution in [0.4, 0.5) is 5.69 Å². The van der Waals surface area contributed by atoms with E-state index in [1.165, 1.54) is 25.6 Å². The zero-order chi connectivity index (χ0) is 18.7. The topological polar surface area (TPSA) is 123 Å². The first kappa shape index (κ1) is 17.9. The summed E-state index contributed by atoms with van der Waals surface area (Å²) in [5.41, 5.74) is 0.920. The van der Waals surface area contributed by atoms with E-state index >= 15 is 0 Å². The third kappa shape index (κ3) is 3.52. The summed E-state index contributed by atoms with van der Waals surface area (Å²) in [4.78, 5) is 8.36. The summed E-state index contributed by atoms with van der Waals surface area (Å²) in [5.74, 6) is 7.24. The predicted octanol–water partition coefficient (Wildman–Crippen LogP) is 1.91. The van der Waals surface area contributed by atoms with Crippen LogP contribution in [0.5, 0.6) is 23.1 Å². The molecule has 136 valence electrons. The highest BCUT2D eigenvalue weighted by molar-refractivity contribution is 7.80. The van der Waals surface area contributed by atoms with Gasteiger partial charge in [-0.15, -0.1) is 0 Å². The summed E-state index contributed by atoms with van der Waals surface area (Å²) in [6, 6.07) is 9.63. The van der Waals surface area contributed by atoms with E-state index in [4.69, 9.17) is 20.1 Å². The molecule has 0 radical (unpaired) electrons. The molecule has 10 heteroatoms. The number of anilines is 1. The first-order valence-electron chi connectivity index (χ1n) is 7.32. The van der Waals surface area contributed by atoms with E-state index in [0.29, 0.717) is 44.1 Å². The number of rotatable bonds is 6. The van der Waals surface area contributed by atoms with Crippen molar-refractivity contribution < 1.29 is 23.0 Å². The monoisotopic (exact) mass is 375 g/mol. The van der Waals surface area contributed by atoms with Crippen LogP contribution in [0.1, 0.15) is 0 Å². The van der Waals surface area contributed by atoms with Gasteiger partial charge in [0, 0.05) is 6.07 Å². The summed E-state index contributed by atoms with van der Waals surface area (Å²) >= 11 is -2.56. The number of nitrogens with zero attached hydrogens (tertiary/aromatic N) is 3. The van der Waals surface area contributed by atoms with Gasteiger partial charge in [-0.25, -0.2) is 20.2 Å². The molecule has 9 nitrogen and oxygen atoms in total. The van der Waals surface area contributed by atoms with Crippen LogP contribution in [0.25, 0.3) is 10.9 Å². The summed E-state index contributed by atoms with van der Waals surface area (Å²) in [6.07, 6.45) is 1.38. The normalized spacial score (nSPS) is 11.8. The average molecular weight is 375 g/mol. The van der Waals surface area contributed by atoms with Crippen LogP contribution >= 0.6 is 0 Å². The Balaban J connectivity index is 1.94. The van der Waals surface area contributed by atoms with Crippen LogP contribution in [0.2, 0.25) is 0 Å². The second-order valence-corrected chi connectivity index (χ2v) is 5.87. The van der Waals surface area contributed by atoms with Crippen LogP contribution in [-0.4, -0.2) is 32.9 Å². The smallest absolute Gasteiger partial charge is 0.230 e. The number of benzene rings is 2. The SMILES string of the molecule is COc1cc2ncnc(Oc3ccc(N(N)S(=O)[O-])cc3)c2cc1OC. The molecule has 1 heterocycles. The molecule has 1 unspecified atom stereocenters. The lowest BCUT2D eigenvalue weighted by Crippen LogP contribution is -2.32. The largest absolute Gasteiger partial charge is 0.754 e. The van der Waals surface area contributed by atoms with E-state index in [1.807, 2.05) is 0 Å². The van der Waals surface area contributed by atoms with Crippen LogP contribution in [0, 0.1) is 0 Å². The minimum atomic E-state index is -2.56. The quantitative estimate of drug-likeness (QED) is 0.394. The third-order valence-electron chi connectivity index (χ3n) is 3.57. The lowest BCUT2D eigenvalue weighted by molar-refractivity contribution is 0.355. The first-order valence-corrected chi connectivity index (χ1v) is 8.35. The van der Waals surface area contributed by atoms with Crippen LogP contribution < -0.4 is 24.5 Å². The lowest BCUT2D eigenvalue weighted by atomic mass is 10.2. The van der Waals surface area contributed by atoms with Crippen molar-refractivity contribution in [3.8, 4) is 23.1 Å². The molecule has 0 aliphatic heterocycles. The van der Waals surface area contributed by atoms with Gasteiger partial charge >= 0.3 is 0 Å². The molecular weight excluding hydrogens is 360 g/mol. The number of hydrazine groups is 1. The summed E-state index contributed by atoms with van der Waals surface area (Å²) < 4.78 is 38.7. The Hall–Kier alpha value is -2.95. The van der Waals surface area contributed by atoms with Gasteiger partial charge in [-0.1, -0.05) is 0 Å². The molecule has 0 aliphatic carbocycles. The number of nitrogens with two attached hydrogens (primary N) is 1. The van der Waals surface area contributed by atoms with Crippen LogP contribution in [-0.2, 0) is 11.3 Å². The highest BCUT2D eigenvalue weighted by Crippen LogP contribution is 2.35. The maximum Gasteiger partial charge on any atom is 0.230 e. The third-order valence-corrected chi connectivity index (χ3v) is 4.10. The molecule has 3 rings (SSSR count). The minimum absolute atomic E-state index is 0.296. The minimum Gasteiger partial charge on any atom is -0.754 e. The van der Waals surface area contributed by atoms with Crippen LogP contribution in [0.15, 0.2) is 42.7 Å². The van der Waals surface area contributed by atoms with Crippen molar-refractivity contribution in [1.82, 2.24) is 9.97 Å². The maximum atomic E-state index is 10.9. The van der Waals surface area contributed by atoms with Crippen LogP contribution in [0.3, 0.4) is 0 Å². The van der Waals surface area contributed by atoms with Gasteiger partial charge in [-0.2, -0.15) is 0 Å². The molecule has 1 atom stereocenters. The highest BCUT2D eigenvalue weighted by atomic mass is 32.2. The van der Waals surface area contributed by atoms with Gasteiger partial charge in [0.25, 0.3) is 0 Å². The van der Waals surface area contributed by atoms with Crippen molar-refractivity contribution in [2.75, 3.05) is 18.6 Å². The molecule has 0 fully saturated rings. The van der Waals surface area contributed by atoms with Crippen molar-refractivity contribution in [1.29, 1.82) is 0 Å². The molecule has 0 saturated carbocycles. The number of fused-ring (bicyclic) bond motifs is 1. The van der Waals surface area contributed by atoms with E-state index < -0.39 is 11.3 Å². The summed E-state index contributed by atoms with van der Waals surface area (Å²) in [7, 11) is 3.07. The molecule has 2 aromatic carbocycles. The fraction of sp³-hybridized carbons (Fsp3) is 0.125. The molecular formula is C16H15N4O5S-. The molecule has 0 saturated heterocycles. The Labute approximate surface area is 151 Å². The molecule has 3 aromatic rings. The summed E-state index contributed by atoms with van der Waals surface area (Å²) in [5, 5.41) is 0.635. The number of hydrogen-bond acceptors (Lipinski definition) is 8.